The number of hydrogen-bond acceptors (Lipinski definition) is 7. The molecule has 3 saturated carbocycles. The molecule has 0 aliphatic heterocycles. The van der Waals surface area contributed by atoms with E-state index in [-0.39, 0.29) is 24.6 Å². The Bertz CT molecular complexity index is 1010. The highest BCUT2D eigenvalue weighted by Gasteiger charge is 2.38. The van der Waals surface area contributed by atoms with Gasteiger partial charge in [0.15, 0.2) is 0 Å². The molecule has 0 saturated heterocycles. The Morgan fingerprint density at radius 2 is 0.855 bits per heavy atom. The van der Waals surface area contributed by atoms with E-state index in [1.54, 1.807) is 0 Å². The fourth-order valence-electron chi connectivity index (χ4n) is 9.99. The first kappa shape index (κ1) is 56.9. The first-order chi connectivity index (χ1) is 30.4. The molecule has 0 amide bonds. The molecule has 62 heavy (non-hydrogen) atoms. The first-order valence-corrected chi connectivity index (χ1v) is 27.7. The highest BCUT2D eigenvalue weighted by molar-refractivity contribution is 5.69. The molecule has 0 spiro atoms. The second kappa shape index (κ2) is 39.0. The number of unbranched alkanes of at least 4 members (excludes halogenated alkanes) is 17. The number of carbonyl (C=O) groups is 2. The van der Waals surface area contributed by atoms with Crippen LogP contribution in [0.25, 0.3) is 0 Å². The van der Waals surface area contributed by atoms with Gasteiger partial charge in [-0.25, -0.2) is 0 Å². The van der Waals surface area contributed by atoms with Gasteiger partial charge in [-0.3, -0.25) is 9.59 Å². The van der Waals surface area contributed by atoms with Crippen molar-refractivity contribution >= 4 is 11.9 Å². The molecule has 7 heteroatoms. The predicted molar refractivity (Wildman–Crippen MR) is 261 cm³/mol. The maximum absolute atomic E-state index is 12.9. The van der Waals surface area contributed by atoms with Crippen molar-refractivity contribution in [3.05, 3.63) is 0 Å². The topological polar surface area (TPSA) is 96.3 Å². The van der Waals surface area contributed by atoms with Crippen molar-refractivity contribution in [3.63, 3.8) is 0 Å². The van der Waals surface area contributed by atoms with Crippen molar-refractivity contribution in [2.75, 3.05) is 39.5 Å². The molecule has 3 fully saturated rings. The minimum Gasteiger partial charge on any atom is -0.466 e. The number of carbonyl (C=O) groups excluding carboxylic acids is 2. The third-order valence-electron chi connectivity index (χ3n) is 14.6. The molecule has 366 valence electrons. The number of aliphatic hydroxyl groups excluding tert-OH is 2. The van der Waals surface area contributed by atoms with Crippen LogP contribution in [0.1, 0.15) is 259 Å². The molecule has 0 bridgehead atoms. The van der Waals surface area contributed by atoms with E-state index in [9.17, 15) is 14.7 Å². The summed E-state index contributed by atoms with van der Waals surface area (Å²) in [6, 6.07) is 0. The quantitative estimate of drug-likeness (QED) is 0.0465. The average molecular weight is 876 g/mol. The number of aliphatic hydroxyl groups is 2. The molecule has 0 aromatic heterocycles. The fourth-order valence-corrected chi connectivity index (χ4v) is 9.99. The zero-order chi connectivity index (χ0) is 44.9. The molecular weight excluding hydrogens is 771 g/mol. The summed E-state index contributed by atoms with van der Waals surface area (Å²) < 4.78 is 11.6. The lowest BCUT2D eigenvalue weighted by Gasteiger charge is -2.21. The molecule has 6 unspecified atom stereocenters. The van der Waals surface area contributed by atoms with Crippen LogP contribution in [-0.2, 0) is 19.1 Å². The van der Waals surface area contributed by atoms with Gasteiger partial charge < -0.3 is 24.6 Å². The lowest BCUT2D eigenvalue weighted by Crippen LogP contribution is -2.29. The van der Waals surface area contributed by atoms with Crippen molar-refractivity contribution in [1.82, 2.24) is 4.90 Å². The molecule has 2 N–H and O–H groups in total. The van der Waals surface area contributed by atoms with Gasteiger partial charge >= 0.3 is 11.9 Å². The molecule has 0 aromatic carbocycles. The van der Waals surface area contributed by atoms with Crippen LogP contribution in [0.5, 0.6) is 0 Å². The van der Waals surface area contributed by atoms with Gasteiger partial charge in [-0.15, -0.1) is 0 Å². The number of esters is 2. The van der Waals surface area contributed by atoms with E-state index in [2.05, 4.69) is 32.6 Å². The van der Waals surface area contributed by atoms with Crippen LogP contribution >= 0.6 is 0 Å². The van der Waals surface area contributed by atoms with E-state index < -0.39 is 0 Å². The SMILES string of the molecule is CCCCC1CC1CCO.CCCCCCCCCOC(=O)CCCCCCCN(CCO)CCCCCCCC(=O)OC(CCC1CC1CCCC)CCC1CC1CCCC. The van der Waals surface area contributed by atoms with Crippen molar-refractivity contribution < 1.29 is 29.3 Å². The molecule has 7 nitrogen and oxygen atoms in total. The van der Waals surface area contributed by atoms with E-state index in [4.69, 9.17) is 14.6 Å². The van der Waals surface area contributed by atoms with Crippen LogP contribution in [0.15, 0.2) is 0 Å². The van der Waals surface area contributed by atoms with Gasteiger partial charge in [0.05, 0.1) is 13.2 Å². The predicted octanol–water partition coefficient (Wildman–Crippen LogP) is 14.6. The van der Waals surface area contributed by atoms with Crippen LogP contribution < -0.4 is 0 Å². The Labute approximate surface area is 384 Å². The highest BCUT2D eigenvalue weighted by atomic mass is 16.5. The summed E-state index contributed by atoms with van der Waals surface area (Å²) in [5.74, 6) is 5.53. The van der Waals surface area contributed by atoms with E-state index in [0.717, 1.165) is 132 Å². The summed E-state index contributed by atoms with van der Waals surface area (Å²) in [4.78, 5) is 27.3. The normalized spacial score (nSPS) is 21.7. The Morgan fingerprint density at radius 3 is 1.32 bits per heavy atom. The molecule has 0 aromatic rings. The van der Waals surface area contributed by atoms with Crippen LogP contribution in [0.3, 0.4) is 0 Å². The Morgan fingerprint density at radius 1 is 0.452 bits per heavy atom. The Balaban J connectivity index is 0.00000115. The highest BCUT2D eigenvalue weighted by Crippen LogP contribution is 2.48. The van der Waals surface area contributed by atoms with E-state index in [1.165, 1.54) is 141 Å². The van der Waals surface area contributed by atoms with Crippen molar-refractivity contribution in [1.29, 1.82) is 0 Å². The third-order valence-corrected chi connectivity index (χ3v) is 14.6. The Hall–Kier alpha value is -1.18. The summed E-state index contributed by atoms with van der Waals surface area (Å²) in [5, 5.41) is 18.2. The first-order valence-electron chi connectivity index (χ1n) is 27.7. The van der Waals surface area contributed by atoms with Crippen LogP contribution in [0, 0.1) is 35.5 Å². The third kappa shape index (κ3) is 31.7. The van der Waals surface area contributed by atoms with Gasteiger partial charge in [0, 0.05) is 26.0 Å². The largest absolute Gasteiger partial charge is 0.466 e. The van der Waals surface area contributed by atoms with E-state index in [0.29, 0.717) is 26.1 Å². The number of rotatable bonds is 44. The summed E-state index contributed by atoms with van der Waals surface area (Å²) in [6.45, 7) is 13.1. The van der Waals surface area contributed by atoms with Gasteiger partial charge in [-0.05, 0) is 132 Å². The summed E-state index contributed by atoms with van der Waals surface area (Å²) in [6.07, 6.45) is 43.1. The van der Waals surface area contributed by atoms with Gasteiger partial charge in [0.1, 0.15) is 6.10 Å². The lowest BCUT2D eigenvalue weighted by molar-refractivity contribution is -0.150. The average Bonchev–Trinajstić information content (AvgIpc) is 4.21. The van der Waals surface area contributed by atoms with Crippen molar-refractivity contribution in [2.45, 2.75) is 265 Å². The summed E-state index contributed by atoms with van der Waals surface area (Å²) in [7, 11) is 0. The molecule has 3 rings (SSSR count). The molecule has 0 radical (unpaired) electrons. The van der Waals surface area contributed by atoms with Gasteiger partial charge in [0.2, 0.25) is 0 Å². The smallest absolute Gasteiger partial charge is 0.306 e. The molecule has 3 aliphatic rings. The minimum atomic E-state index is -0.0293. The van der Waals surface area contributed by atoms with Crippen LogP contribution in [0.4, 0.5) is 0 Å². The fraction of sp³-hybridized carbons (Fsp3) is 0.964. The number of nitrogens with zero attached hydrogens (tertiary/aromatic N) is 1. The summed E-state index contributed by atoms with van der Waals surface area (Å²) >= 11 is 0. The number of ether oxygens (including phenoxy) is 2. The van der Waals surface area contributed by atoms with E-state index in [1.807, 2.05) is 0 Å². The summed E-state index contributed by atoms with van der Waals surface area (Å²) in [5.41, 5.74) is 0. The van der Waals surface area contributed by atoms with Crippen molar-refractivity contribution in [3.8, 4) is 0 Å². The Kier molecular flexibility index (Phi) is 35.8. The van der Waals surface area contributed by atoms with Crippen LogP contribution in [0.2, 0.25) is 0 Å². The maximum Gasteiger partial charge on any atom is 0.306 e. The number of hydrogen-bond donors (Lipinski definition) is 2. The molecule has 0 heterocycles. The minimum absolute atomic E-state index is 0.0293. The van der Waals surface area contributed by atoms with Gasteiger partial charge in [-0.2, -0.15) is 0 Å². The van der Waals surface area contributed by atoms with E-state index >= 15 is 0 Å². The molecular formula is C55H105NO6. The van der Waals surface area contributed by atoms with Crippen molar-refractivity contribution in [2.24, 2.45) is 35.5 Å². The molecule has 3 aliphatic carbocycles. The monoisotopic (exact) mass is 876 g/mol. The second-order valence-corrected chi connectivity index (χ2v) is 20.4. The zero-order valence-electron chi connectivity index (χ0n) is 41.7. The van der Waals surface area contributed by atoms with Crippen LogP contribution in [-0.4, -0.2) is 72.6 Å². The second-order valence-electron chi connectivity index (χ2n) is 20.4. The maximum atomic E-state index is 12.9. The lowest BCUT2D eigenvalue weighted by atomic mass is 10.0. The van der Waals surface area contributed by atoms with Gasteiger partial charge in [-0.1, -0.05) is 163 Å². The van der Waals surface area contributed by atoms with Gasteiger partial charge in [0.25, 0.3) is 0 Å². The zero-order valence-corrected chi connectivity index (χ0v) is 41.7. The standard InChI is InChI=1S/C46H87NO5.C9H18O/c1-4-7-10-11-12-19-24-37-51-45(49)27-20-15-13-17-22-33-47(35-36-48)34-23-18-14-16-21-28-46(50)52-44(31-29-42-38-40(42)25-8-5-2)32-30-43-39-41(43)26-9-6-3;1-2-3-4-8-7-9(8)5-6-10/h40-44,48H,4-39H2,1-3H3;8-10H,2-7H2,1H3. The molecule has 6 atom stereocenters.